The summed E-state index contributed by atoms with van der Waals surface area (Å²) in [4.78, 5) is 0. The van der Waals surface area contributed by atoms with E-state index < -0.39 is 0 Å². The van der Waals surface area contributed by atoms with Crippen LogP contribution in [0.4, 0.5) is 0 Å². The van der Waals surface area contributed by atoms with E-state index in [0.29, 0.717) is 12.7 Å². The lowest BCUT2D eigenvalue weighted by Crippen LogP contribution is -1.99. The van der Waals surface area contributed by atoms with Gasteiger partial charge in [-0.1, -0.05) is 42.0 Å². The van der Waals surface area contributed by atoms with Crippen LogP contribution in [0.15, 0.2) is 53.8 Å². The Morgan fingerprint density at radius 3 is 2.67 bits per heavy atom. The van der Waals surface area contributed by atoms with Crippen molar-refractivity contribution in [1.82, 2.24) is 0 Å². The number of hydrogen-bond donors (Lipinski definition) is 0. The summed E-state index contributed by atoms with van der Waals surface area (Å²) in [5.41, 5.74) is 2.66. The van der Waals surface area contributed by atoms with E-state index in [1.165, 1.54) is 11.1 Å². The lowest BCUT2D eigenvalue weighted by atomic mass is 10.1. The van der Waals surface area contributed by atoms with E-state index >= 15 is 0 Å². The van der Waals surface area contributed by atoms with Gasteiger partial charge in [0.15, 0.2) is 0 Å². The van der Waals surface area contributed by atoms with Gasteiger partial charge in [0.05, 0.1) is 12.4 Å². The molecule has 0 spiro atoms. The molecule has 2 rings (SSSR count). The highest BCUT2D eigenvalue weighted by Crippen LogP contribution is 2.12. The maximum Gasteiger partial charge on any atom is 0.116 e. The fraction of sp³-hybridized carbons (Fsp3) is 0.375. The van der Waals surface area contributed by atoms with Crippen molar-refractivity contribution >= 4 is 0 Å². The van der Waals surface area contributed by atoms with E-state index in [9.17, 15) is 0 Å². The molecule has 1 unspecified atom stereocenters. The zero-order chi connectivity index (χ0) is 12.8. The van der Waals surface area contributed by atoms with Gasteiger partial charge in [-0.15, -0.1) is 0 Å². The Morgan fingerprint density at radius 2 is 2.00 bits per heavy atom. The first-order chi connectivity index (χ1) is 8.74. The molecule has 0 aliphatic carbocycles. The lowest BCUT2D eigenvalue weighted by Gasteiger charge is -2.03. The van der Waals surface area contributed by atoms with Gasteiger partial charge in [0, 0.05) is 0 Å². The summed E-state index contributed by atoms with van der Waals surface area (Å²) < 4.78 is 10.7. The van der Waals surface area contributed by atoms with Crippen molar-refractivity contribution in [2.45, 2.75) is 26.4 Å². The molecule has 1 heterocycles. The lowest BCUT2D eigenvalue weighted by molar-refractivity contribution is 0.185. The van der Waals surface area contributed by atoms with E-state index in [2.05, 4.69) is 37.3 Å². The van der Waals surface area contributed by atoms with Crippen LogP contribution in [0.1, 0.15) is 19.4 Å². The molecule has 1 fully saturated rings. The molecule has 0 bridgehead atoms. The van der Waals surface area contributed by atoms with Crippen molar-refractivity contribution < 1.29 is 9.47 Å². The summed E-state index contributed by atoms with van der Waals surface area (Å²) in [6.45, 7) is 5.64. The minimum atomic E-state index is 0.322. The van der Waals surface area contributed by atoms with E-state index in [4.69, 9.17) is 9.47 Å². The highest BCUT2D eigenvalue weighted by Gasteiger charge is 2.22. The molecule has 0 amide bonds. The van der Waals surface area contributed by atoms with Gasteiger partial charge in [-0.3, -0.25) is 0 Å². The van der Waals surface area contributed by atoms with Gasteiger partial charge in [-0.2, -0.15) is 0 Å². The van der Waals surface area contributed by atoms with Crippen LogP contribution in [0.2, 0.25) is 0 Å². The number of ether oxygens (including phenoxy) is 2. The molecule has 2 nitrogen and oxygen atoms in total. The number of hydrogen-bond acceptors (Lipinski definition) is 2. The number of rotatable bonds is 6. The van der Waals surface area contributed by atoms with Crippen LogP contribution < -0.4 is 0 Å². The highest BCUT2D eigenvalue weighted by molar-refractivity contribution is 5.23. The first-order valence-electron chi connectivity index (χ1n) is 6.36. The third kappa shape index (κ3) is 4.76. The SMILES string of the molecule is C/C(=C\C=C(/C)OCC1CO1)Cc1ccccc1. The molecule has 18 heavy (non-hydrogen) atoms. The molecule has 0 radical (unpaired) electrons. The van der Waals surface area contributed by atoms with Crippen molar-refractivity contribution in [1.29, 1.82) is 0 Å². The summed E-state index contributed by atoms with van der Waals surface area (Å²) in [6.07, 6.45) is 5.45. The average Bonchev–Trinajstić information content (AvgIpc) is 3.19. The minimum Gasteiger partial charge on any atom is -0.495 e. The van der Waals surface area contributed by atoms with Crippen molar-refractivity contribution in [2.24, 2.45) is 0 Å². The van der Waals surface area contributed by atoms with Crippen LogP contribution in [0.3, 0.4) is 0 Å². The summed E-state index contributed by atoms with van der Waals surface area (Å²) in [7, 11) is 0. The van der Waals surface area contributed by atoms with E-state index in [1.807, 2.05) is 19.1 Å². The predicted molar refractivity (Wildman–Crippen MR) is 73.4 cm³/mol. The standard InChI is InChI=1S/C16H20O2/c1-13(10-15-6-4-3-5-7-15)8-9-14(2)17-11-16-12-18-16/h3-9,16H,10-12H2,1-2H3/b13-8+,14-9+. The van der Waals surface area contributed by atoms with Crippen LogP contribution in [-0.2, 0) is 15.9 Å². The number of benzene rings is 1. The summed E-state index contributed by atoms with van der Waals surface area (Å²) in [6, 6.07) is 10.5. The highest BCUT2D eigenvalue weighted by atomic mass is 16.6. The number of epoxide rings is 1. The third-order valence-corrected chi connectivity index (χ3v) is 2.83. The third-order valence-electron chi connectivity index (χ3n) is 2.83. The van der Waals surface area contributed by atoms with Crippen LogP contribution in [0.5, 0.6) is 0 Å². The van der Waals surface area contributed by atoms with Crippen LogP contribution in [0, 0.1) is 0 Å². The van der Waals surface area contributed by atoms with Crippen molar-refractivity contribution in [3.63, 3.8) is 0 Å². The molecule has 1 aliphatic heterocycles. The zero-order valence-electron chi connectivity index (χ0n) is 11.1. The van der Waals surface area contributed by atoms with Crippen molar-refractivity contribution in [3.05, 3.63) is 59.4 Å². The van der Waals surface area contributed by atoms with Gasteiger partial charge in [0.2, 0.25) is 0 Å². The molecule has 0 aromatic heterocycles. The van der Waals surface area contributed by atoms with E-state index in [-0.39, 0.29) is 0 Å². The van der Waals surface area contributed by atoms with Crippen LogP contribution in [0.25, 0.3) is 0 Å². The maximum absolute atomic E-state index is 5.56. The Bertz CT molecular complexity index is 428. The fourth-order valence-corrected chi connectivity index (χ4v) is 1.67. The molecule has 1 aliphatic rings. The normalized spacial score (nSPS) is 19.8. The Labute approximate surface area is 109 Å². The van der Waals surface area contributed by atoms with Gasteiger partial charge >= 0.3 is 0 Å². The zero-order valence-corrected chi connectivity index (χ0v) is 11.1. The molecule has 0 N–H and O–H groups in total. The molecular weight excluding hydrogens is 224 g/mol. The van der Waals surface area contributed by atoms with Crippen LogP contribution in [-0.4, -0.2) is 19.3 Å². The minimum absolute atomic E-state index is 0.322. The molecule has 0 saturated carbocycles. The van der Waals surface area contributed by atoms with Crippen molar-refractivity contribution in [2.75, 3.05) is 13.2 Å². The summed E-state index contributed by atoms with van der Waals surface area (Å²) >= 11 is 0. The second-order valence-electron chi connectivity index (χ2n) is 4.72. The second-order valence-corrected chi connectivity index (χ2v) is 4.72. The van der Waals surface area contributed by atoms with Gasteiger partial charge in [0.25, 0.3) is 0 Å². The molecule has 1 saturated heterocycles. The Hall–Kier alpha value is -1.54. The van der Waals surface area contributed by atoms with Gasteiger partial charge < -0.3 is 9.47 Å². The largest absolute Gasteiger partial charge is 0.495 e. The summed E-state index contributed by atoms with van der Waals surface area (Å²) in [5.74, 6) is 0.943. The fourth-order valence-electron chi connectivity index (χ4n) is 1.67. The second kappa shape index (κ2) is 6.41. The topological polar surface area (TPSA) is 21.8 Å². The molecule has 1 atom stereocenters. The Morgan fingerprint density at radius 1 is 1.28 bits per heavy atom. The first kappa shape index (κ1) is 12.9. The molecule has 2 heteroatoms. The average molecular weight is 244 g/mol. The van der Waals surface area contributed by atoms with E-state index in [0.717, 1.165) is 18.8 Å². The first-order valence-corrected chi connectivity index (χ1v) is 6.36. The smallest absolute Gasteiger partial charge is 0.116 e. The monoisotopic (exact) mass is 244 g/mol. The quantitative estimate of drug-likeness (QED) is 0.434. The molecule has 96 valence electrons. The number of allylic oxidation sites excluding steroid dienone is 4. The van der Waals surface area contributed by atoms with Crippen molar-refractivity contribution in [3.8, 4) is 0 Å². The van der Waals surface area contributed by atoms with Gasteiger partial charge in [-0.05, 0) is 31.9 Å². The molecule has 1 aromatic rings. The Kier molecular flexibility index (Phi) is 4.59. The van der Waals surface area contributed by atoms with E-state index in [1.54, 1.807) is 0 Å². The maximum atomic E-state index is 5.56. The molecule has 1 aromatic carbocycles. The predicted octanol–water partition coefficient (Wildman–Crippen LogP) is 3.49. The summed E-state index contributed by atoms with van der Waals surface area (Å²) in [5, 5.41) is 0. The van der Waals surface area contributed by atoms with Gasteiger partial charge in [0.1, 0.15) is 12.7 Å². The Balaban J connectivity index is 1.81. The van der Waals surface area contributed by atoms with Crippen LogP contribution >= 0.6 is 0 Å². The van der Waals surface area contributed by atoms with Gasteiger partial charge in [-0.25, -0.2) is 0 Å². The molecular formula is C16H20O2.